The number of carbonyl (C=O) groups excluding carboxylic acids is 1. The van der Waals surface area contributed by atoms with Crippen LogP contribution in [0.2, 0.25) is 0 Å². The van der Waals surface area contributed by atoms with Gasteiger partial charge in [-0.25, -0.2) is 4.79 Å². The minimum atomic E-state index is -0.431. The first kappa shape index (κ1) is 14.1. The van der Waals surface area contributed by atoms with Crippen molar-refractivity contribution in [3.63, 3.8) is 0 Å². The fourth-order valence-corrected chi connectivity index (χ4v) is 2.68. The third-order valence-electron chi connectivity index (χ3n) is 3.61. The lowest BCUT2D eigenvalue weighted by Crippen LogP contribution is -2.37. The van der Waals surface area contributed by atoms with Crippen molar-refractivity contribution in [2.24, 2.45) is 11.8 Å². The predicted octanol–water partition coefficient (Wildman–Crippen LogP) is 1.38. The third kappa shape index (κ3) is 2.67. The van der Waals surface area contributed by atoms with Crippen molar-refractivity contribution in [3.05, 3.63) is 23.5 Å². The summed E-state index contributed by atoms with van der Waals surface area (Å²) in [5.74, 6) is -0.502. The Labute approximate surface area is 112 Å². The summed E-state index contributed by atoms with van der Waals surface area (Å²) >= 11 is 0. The van der Waals surface area contributed by atoms with Crippen molar-refractivity contribution in [3.8, 4) is 0 Å². The van der Waals surface area contributed by atoms with Crippen molar-refractivity contribution in [1.82, 2.24) is 0 Å². The molecule has 0 spiro atoms. The average molecular weight is 268 g/mol. The van der Waals surface area contributed by atoms with E-state index >= 15 is 0 Å². The lowest BCUT2D eigenvalue weighted by atomic mass is 9.83. The Balaban J connectivity index is 2.20. The SMILES string of the molecule is CCCO[C@@H]1OC=C(C(=O)OC)C2CC=C(CO)C21. The number of esters is 1. The Morgan fingerprint density at radius 3 is 3.00 bits per heavy atom. The minimum absolute atomic E-state index is 0.0230. The molecule has 0 saturated heterocycles. The number of ether oxygens (including phenoxy) is 3. The van der Waals surface area contributed by atoms with E-state index in [1.54, 1.807) is 0 Å². The zero-order chi connectivity index (χ0) is 13.8. The van der Waals surface area contributed by atoms with Gasteiger partial charge in [-0.1, -0.05) is 13.0 Å². The second-order valence-electron chi connectivity index (χ2n) is 4.75. The fourth-order valence-electron chi connectivity index (χ4n) is 2.68. The summed E-state index contributed by atoms with van der Waals surface area (Å²) in [7, 11) is 1.35. The maximum absolute atomic E-state index is 11.7. The molecule has 0 aromatic heterocycles. The van der Waals surface area contributed by atoms with Gasteiger partial charge in [0, 0.05) is 5.92 Å². The van der Waals surface area contributed by atoms with Gasteiger partial charge in [0.15, 0.2) is 0 Å². The lowest BCUT2D eigenvalue weighted by molar-refractivity contribution is -0.156. The summed E-state index contributed by atoms with van der Waals surface area (Å²) in [5.41, 5.74) is 1.39. The molecular weight excluding hydrogens is 248 g/mol. The Morgan fingerprint density at radius 1 is 1.58 bits per heavy atom. The first-order valence-corrected chi connectivity index (χ1v) is 6.58. The zero-order valence-electron chi connectivity index (χ0n) is 11.3. The molecule has 1 heterocycles. The van der Waals surface area contributed by atoms with Gasteiger partial charge in [0.25, 0.3) is 0 Å². The molecular formula is C14H20O5. The molecule has 1 N–H and O–H groups in total. The van der Waals surface area contributed by atoms with E-state index in [1.807, 2.05) is 13.0 Å². The van der Waals surface area contributed by atoms with Crippen LogP contribution in [0.5, 0.6) is 0 Å². The molecule has 2 unspecified atom stereocenters. The number of aliphatic hydroxyl groups is 1. The molecule has 19 heavy (non-hydrogen) atoms. The molecule has 106 valence electrons. The normalized spacial score (nSPS) is 29.1. The molecule has 0 aromatic rings. The smallest absolute Gasteiger partial charge is 0.337 e. The highest BCUT2D eigenvalue weighted by Crippen LogP contribution is 2.43. The van der Waals surface area contributed by atoms with Gasteiger partial charge in [-0.15, -0.1) is 0 Å². The summed E-state index contributed by atoms with van der Waals surface area (Å²) in [5, 5.41) is 9.42. The lowest BCUT2D eigenvalue weighted by Gasteiger charge is -2.34. The summed E-state index contributed by atoms with van der Waals surface area (Å²) in [6.45, 7) is 2.58. The molecule has 3 atom stereocenters. The molecule has 0 bridgehead atoms. The van der Waals surface area contributed by atoms with Crippen LogP contribution in [-0.4, -0.2) is 37.7 Å². The largest absolute Gasteiger partial charge is 0.471 e. The van der Waals surface area contributed by atoms with Crippen molar-refractivity contribution < 1.29 is 24.1 Å². The van der Waals surface area contributed by atoms with Crippen LogP contribution in [0.1, 0.15) is 19.8 Å². The van der Waals surface area contributed by atoms with Crippen molar-refractivity contribution in [2.75, 3.05) is 20.3 Å². The molecule has 2 rings (SSSR count). The number of allylic oxidation sites excluding steroid dienone is 1. The monoisotopic (exact) mass is 268 g/mol. The molecule has 1 aliphatic heterocycles. The van der Waals surface area contributed by atoms with Crippen molar-refractivity contribution >= 4 is 5.97 Å². The molecule has 5 nitrogen and oxygen atoms in total. The Morgan fingerprint density at radius 2 is 2.37 bits per heavy atom. The number of methoxy groups -OCH3 is 1. The molecule has 2 aliphatic rings. The molecule has 0 radical (unpaired) electrons. The van der Waals surface area contributed by atoms with E-state index in [0.717, 1.165) is 12.0 Å². The number of fused-ring (bicyclic) bond motifs is 1. The van der Waals surface area contributed by atoms with Gasteiger partial charge < -0.3 is 19.3 Å². The molecule has 0 fully saturated rings. The van der Waals surface area contributed by atoms with Crippen LogP contribution < -0.4 is 0 Å². The second kappa shape index (κ2) is 6.21. The van der Waals surface area contributed by atoms with Gasteiger partial charge in [-0.3, -0.25) is 0 Å². The highest BCUT2D eigenvalue weighted by Gasteiger charge is 2.44. The van der Waals surface area contributed by atoms with Crippen LogP contribution in [0.3, 0.4) is 0 Å². The number of hydrogen-bond acceptors (Lipinski definition) is 5. The van der Waals surface area contributed by atoms with Gasteiger partial charge in [-0.2, -0.15) is 0 Å². The van der Waals surface area contributed by atoms with Crippen molar-refractivity contribution in [2.45, 2.75) is 26.1 Å². The van der Waals surface area contributed by atoms with E-state index in [9.17, 15) is 9.90 Å². The third-order valence-corrected chi connectivity index (χ3v) is 3.61. The number of rotatable bonds is 5. The molecule has 5 heteroatoms. The van der Waals surface area contributed by atoms with Crippen LogP contribution in [0.25, 0.3) is 0 Å². The van der Waals surface area contributed by atoms with E-state index in [0.29, 0.717) is 18.6 Å². The van der Waals surface area contributed by atoms with Crippen LogP contribution in [0.15, 0.2) is 23.5 Å². The van der Waals surface area contributed by atoms with E-state index in [4.69, 9.17) is 14.2 Å². The first-order chi connectivity index (χ1) is 9.22. The number of hydrogen-bond donors (Lipinski definition) is 1. The predicted molar refractivity (Wildman–Crippen MR) is 68.0 cm³/mol. The van der Waals surface area contributed by atoms with Crippen molar-refractivity contribution in [1.29, 1.82) is 0 Å². The first-order valence-electron chi connectivity index (χ1n) is 6.58. The number of carbonyl (C=O) groups is 1. The van der Waals surface area contributed by atoms with Gasteiger partial charge >= 0.3 is 5.97 Å². The van der Waals surface area contributed by atoms with Crippen LogP contribution in [0, 0.1) is 11.8 Å². The quantitative estimate of drug-likeness (QED) is 0.603. The fraction of sp³-hybridized carbons (Fsp3) is 0.643. The molecule has 0 aromatic carbocycles. The molecule has 0 amide bonds. The second-order valence-corrected chi connectivity index (χ2v) is 4.75. The van der Waals surface area contributed by atoms with Gasteiger partial charge in [-0.05, 0) is 18.4 Å². The minimum Gasteiger partial charge on any atom is -0.471 e. The summed E-state index contributed by atoms with van der Waals surface area (Å²) < 4.78 is 16.0. The zero-order valence-corrected chi connectivity index (χ0v) is 11.3. The van der Waals surface area contributed by atoms with Gasteiger partial charge in [0.05, 0.1) is 38.1 Å². The van der Waals surface area contributed by atoms with Crippen LogP contribution in [-0.2, 0) is 19.0 Å². The van der Waals surface area contributed by atoms with E-state index < -0.39 is 6.29 Å². The summed E-state index contributed by atoms with van der Waals surface area (Å²) in [4.78, 5) is 11.7. The standard InChI is InChI=1S/C14H20O5/c1-3-6-18-14-12-9(7-15)4-5-10(12)11(8-19-14)13(16)17-2/h4,8,10,12,14-15H,3,5-7H2,1-2H3/t10?,12?,14-/m1/s1. The Kier molecular flexibility index (Phi) is 4.61. The maximum Gasteiger partial charge on any atom is 0.337 e. The van der Waals surface area contributed by atoms with E-state index in [2.05, 4.69) is 0 Å². The van der Waals surface area contributed by atoms with Gasteiger partial charge in [0.1, 0.15) is 0 Å². The van der Waals surface area contributed by atoms with Gasteiger partial charge in [0.2, 0.25) is 6.29 Å². The topological polar surface area (TPSA) is 65.0 Å². The average Bonchev–Trinajstić information content (AvgIpc) is 2.88. The van der Waals surface area contributed by atoms with Crippen LogP contribution in [0.4, 0.5) is 0 Å². The summed E-state index contributed by atoms with van der Waals surface area (Å²) in [6, 6.07) is 0. The van der Waals surface area contributed by atoms with E-state index in [1.165, 1.54) is 13.4 Å². The summed E-state index contributed by atoms with van der Waals surface area (Å²) in [6.07, 6.45) is 4.57. The molecule has 0 saturated carbocycles. The van der Waals surface area contributed by atoms with Crippen LogP contribution >= 0.6 is 0 Å². The Bertz CT molecular complexity index is 399. The highest BCUT2D eigenvalue weighted by atomic mass is 16.7. The molecule has 1 aliphatic carbocycles. The Hall–Kier alpha value is -1.33. The van der Waals surface area contributed by atoms with E-state index in [-0.39, 0.29) is 24.4 Å². The maximum atomic E-state index is 11.7. The number of aliphatic hydroxyl groups excluding tert-OH is 1. The highest BCUT2D eigenvalue weighted by molar-refractivity contribution is 5.89.